The van der Waals surface area contributed by atoms with Gasteiger partial charge in [0.15, 0.2) is 0 Å². The van der Waals surface area contributed by atoms with E-state index in [1.807, 2.05) is 89.5 Å². The number of primary amides is 1. The van der Waals surface area contributed by atoms with E-state index in [1.165, 1.54) is 0 Å². The molecule has 1 atom stereocenters. The molecule has 5 rings (SSSR count). The summed E-state index contributed by atoms with van der Waals surface area (Å²) in [5, 5.41) is 14.7. The molecule has 8 nitrogen and oxygen atoms in total. The number of aromatic nitrogens is 3. The molecule has 178 valence electrons. The Morgan fingerprint density at radius 1 is 1.08 bits per heavy atom. The van der Waals surface area contributed by atoms with Crippen molar-refractivity contribution < 1.29 is 9.53 Å². The zero-order chi connectivity index (χ0) is 25.1. The predicted molar refractivity (Wildman–Crippen MR) is 139 cm³/mol. The van der Waals surface area contributed by atoms with Gasteiger partial charge in [0.05, 0.1) is 18.7 Å². The molecule has 1 unspecified atom stereocenters. The number of amides is 1. The highest BCUT2D eigenvalue weighted by atomic mass is 16.5. The molecule has 2 aromatic heterocycles. The number of anilines is 1. The van der Waals surface area contributed by atoms with Crippen LogP contribution < -0.4 is 15.8 Å². The maximum atomic E-state index is 11.9. The van der Waals surface area contributed by atoms with E-state index in [4.69, 9.17) is 20.4 Å². The average molecular weight is 477 g/mol. The number of benzene rings is 3. The van der Waals surface area contributed by atoms with Gasteiger partial charge in [0.25, 0.3) is 0 Å². The van der Waals surface area contributed by atoms with Gasteiger partial charge in [-0.1, -0.05) is 54.6 Å². The van der Waals surface area contributed by atoms with Gasteiger partial charge in [-0.05, 0) is 29.8 Å². The third-order valence-electron chi connectivity index (χ3n) is 6.10. The van der Waals surface area contributed by atoms with E-state index in [0.717, 1.165) is 21.9 Å². The standard InChI is InChI=1S/C28H24N6O2/c1-36-24-13-7-11-22-25(24)32-28(33-27(22)31-17-18-8-3-2-4-9-18)34-21(15-20(16-29)26(30)35)14-19-10-5-6-12-23(19)34/h2-14,20H,15,17H2,1H3,(H2,30,35)(H,31,32,33). The van der Waals surface area contributed by atoms with E-state index in [-0.39, 0.29) is 6.42 Å². The Morgan fingerprint density at radius 3 is 2.61 bits per heavy atom. The number of fused-ring (bicyclic) bond motifs is 2. The van der Waals surface area contributed by atoms with Gasteiger partial charge in [-0.2, -0.15) is 10.2 Å². The number of para-hydroxylation sites is 2. The Labute approximate surface area is 208 Å². The monoisotopic (exact) mass is 476 g/mol. The summed E-state index contributed by atoms with van der Waals surface area (Å²) in [6, 6.07) is 27.5. The minimum atomic E-state index is -0.973. The first-order valence-corrected chi connectivity index (χ1v) is 11.5. The van der Waals surface area contributed by atoms with Crippen molar-refractivity contribution in [1.29, 1.82) is 5.26 Å². The highest BCUT2D eigenvalue weighted by molar-refractivity contribution is 5.94. The Morgan fingerprint density at radius 2 is 1.86 bits per heavy atom. The normalized spacial score (nSPS) is 11.8. The number of nitrogens with two attached hydrogens (primary N) is 1. The number of nitriles is 1. The lowest BCUT2D eigenvalue weighted by molar-refractivity contribution is -0.120. The summed E-state index contributed by atoms with van der Waals surface area (Å²) in [5.41, 5.74) is 8.81. The van der Waals surface area contributed by atoms with Gasteiger partial charge >= 0.3 is 0 Å². The maximum Gasteiger partial charge on any atom is 0.237 e. The molecular formula is C28H24N6O2. The molecule has 0 aliphatic heterocycles. The molecule has 0 fully saturated rings. The van der Waals surface area contributed by atoms with Crippen molar-refractivity contribution in [3.05, 3.63) is 90.1 Å². The van der Waals surface area contributed by atoms with Crippen molar-refractivity contribution in [3.63, 3.8) is 0 Å². The summed E-state index contributed by atoms with van der Waals surface area (Å²) in [5.74, 6) is 0.0245. The smallest absolute Gasteiger partial charge is 0.237 e. The lowest BCUT2D eigenvalue weighted by atomic mass is 10.0. The third-order valence-corrected chi connectivity index (χ3v) is 6.10. The number of ether oxygens (including phenoxy) is 1. The molecule has 0 saturated heterocycles. The van der Waals surface area contributed by atoms with E-state index in [0.29, 0.717) is 35.3 Å². The highest BCUT2D eigenvalue weighted by Crippen LogP contribution is 2.32. The Balaban J connectivity index is 1.70. The summed E-state index contributed by atoms with van der Waals surface area (Å²) < 4.78 is 7.49. The van der Waals surface area contributed by atoms with Crippen LogP contribution in [0.4, 0.5) is 5.82 Å². The van der Waals surface area contributed by atoms with Crippen LogP contribution in [0.5, 0.6) is 5.75 Å². The molecule has 2 heterocycles. The molecule has 5 aromatic rings. The topological polar surface area (TPSA) is 119 Å². The van der Waals surface area contributed by atoms with Gasteiger partial charge in [-0.3, -0.25) is 9.36 Å². The first kappa shape index (κ1) is 22.9. The number of rotatable bonds is 8. The minimum Gasteiger partial charge on any atom is -0.494 e. The Hall–Kier alpha value is -4.90. The Kier molecular flexibility index (Phi) is 6.20. The summed E-state index contributed by atoms with van der Waals surface area (Å²) in [6.07, 6.45) is 0.139. The molecular weight excluding hydrogens is 452 g/mol. The van der Waals surface area contributed by atoms with E-state index < -0.39 is 11.8 Å². The van der Waals surface area contributed by atoms with Crippen molar-refractivity contribution in [2.45, 2.75) is 13.0 Å². The summed E-state index contributed by atoms with van der Waals surface area (Å²) in [4.78, 5) is 21.7. The average Bonchev–Trinajstić information content (AvgIpc) is 3.28. The summed E-state index contributed by atoms with van der Waals surface area (Å²) in [6.45, 7) is 0.571. The largest absolute Gasteiger partial charge is 0.494 e. The van der Waals surface area contributed by atoms with Gasteiger partial charge in [-0.15, -0.1) is 0 Å². The SMILES string of the molecule is COc1cccc2c(NCc3ccccc3)nc(-n3c(CC(C#N)C(N)=O)cc4ccccc43)nc12. The first-order valence-electron chi connectivity index (χ1n) is 11.5. The lowest BCUT2D eigenvalue weighted by Gasteiger charge is -2.16. The zero-order valence-corrected chi connectivity index (χ0v) is 19.7. The first-order chi connectivity index (χ1) is 17.6. The fourth-order valence-corrected chi connectivity index (χ4v) is 4.31. The molecule has 0 aliphatic rings. The van der Waals surface area contributed by atoms with Crippen molar-refractivity contribution in [1.82, 2.24) is 14.5 Å². The lowest BCUT2D eigenvalue weighted by Crippen LogP contribution is -2.24. The number of hydrogen-bond donors (Lipinski definition) is 2. The molecule has 8 heteroatoms. The van der Waals surface area contributed by atoms with Gasteiger partial charge in [0.1, 0.15) is 23.0 Å². The predicted octanol–water partition coefficient (Wildman–Crippen LogP) is 4.36. The molecule has 0 saturated carbocycles. The van der Waals surface area contributed by atoms with E-state index >= 15 is 0 Å². The van der Waals surface area contributed by atoms with Gasteiger partial charge in [0.2, 0.25) is 11.9 Å². The van der Waals surface area contributed by atoms with E-state index in [1.54, 1.807) is 7.11 Å². The van der Waals surface area contributed by atoms with Crippen LogP contribution in [0.25, 0.3) is 27.8 Å². The second-order valence-electron chi connectivity index (χ2n) is 8.39. The van der Waals surface area contributed by atoms with Crippen molar-refractivity contribution in [3.8, 4) is 17.8 Å². The Bertz CT molecular complexity index is 1600. The molecule has 0 radical (unpaired) electrons. The second-order valence-corrected chi connectivity index (χ2v) is 8.39. The quantitative estimate of drug-likeness (QED) is 0.343. The van der Waals surface area contributed by atoms with E-state index in [2.05, 4.69) is 5.32 Å². The number of carbonyl (C=O) groups is 1. The minimum absolute atomic E-state index is 0.139. The summed E-state index contributed by atoms with van der Waals surface area (Å²) in [7, 11) is 1.61. The molecule has 36 heavy (non-hydrogen) atoms. The van der Waals surface area contributed by atoms with Crippen LogP contribution in [0.15, 0.2) is 78.9 Å². The third kappa shape index (κ3) is 4.30. The van der Waals surface area contributed by atoms with Gasteiger partial charge in [-0.25, -0.2) is 4.98 Å². The van der Waals surface area contributed by atoms with Crippen molar-refractivity contribution >= 4 is 33.5 Å². The van der Waals surface area contributed by atoms with Crippen LogP contribution in [0.3, 0.4) is 0 Å². The van der Waals surface area contributed by atoms with E-state index in [9.17, 15) is 10.1 Å². The van der Waals surface area contributed by atoms with Crippen LogP contribution in [0.1, 0.15) is 11.3 Å². The summed E-state index contributed by atoms with van der Waals surface area (Å²) >= 11 is 0. The molecule has 0 bridgehead atoms. The van der Waals surface area contributed by atoms with Gasteiger partial charge < -0.3 is 15.8 Å². The molecule has 1 amide bonds. The molecule has 0 spiro atoms. The number of carbonyl (C=O) groups excluding carboxylic acids is 1. The number of hydrogen-bond acceptors (Lipinski definition) is 6. The molecule has 3 N–H and O–H groups in total. The highest BCUT2D eigenvalue weighted by Gasteiger charge is 2.22. The number of nitrogens with one attached hydrogen (secondary N) is 1. The van der Waals surface area contributed by atoms with Crippen LogP contribution in [0.2, 0.25) is 0 Å². The van der Waals surface area contributed by atoms with Gasteiger partial charge in [0, 0.05) is 29.4 Å². The van der Waals surface area contributed by atoms with Crippen LogP contribution in [-0.2, 0) is 17.8 Å². The second kappa shape index (κ2) is 9.76. The van der Waals surface area contributed by atoms with Crippen LogP contribution in [-0.4, -0.2) is 27.6 Å². The van der Waals surface area contributed by atoms with Crippen LogP contribution in [0, 0.1) is 17.2 Å². The molecule has 3 aromatic carbocycles. The maximum absolute atomic E-state index is 11.9. The number of methoxy groups -OCH3 is 1. The molecule has 0 aliphatic carbocycles. The van der Waals surface area contributed by atoms with Crippen molar-refractivity contribution in [2.24, 2.45) is 11.7 Å². The number of nitrogens with zero attached hydrogens (tertiary/aromatic N) is 4. The fourth-order valence-electron chi connectivity index (χ4n) is 4.31. The van der Waals surface area contributed by atoms with Crippen molar-refractivity contribution in [2.75, 3.05) is 12.4 Å². The fraction of sp³-hybridized carbons (Fsp3) is 0.143. The van der Waals surface area contributed by atoms with Crippen LogP contribution >= 0.6 is 0 Å². The zero-order valence-electron chi connectivity index (χ0n) is 19.7.